The molecule has 3 aromatic heterocycles. The van der Waals surface area contributed by atoms with Crippen LogP contribution in [-0.2, 0) is 0 Å². The smallest absolute Gasteiger partial charge is 0.156 e. The molecule has 3 aromatic rings. The summed E-state index contributed by atoms with van der Waals surface area (Å²) in [5, 5.41) is 5.25. The highest BCUT2D eigenvalue weighted by molar-refractivity contribution is 5.80. The molecule has 0 radical (unpaired) electrons. The molecule has 0 aliphatic rings. The first-order chi connectivity index (χ1) is 5.95. The maximum Gasteiger partial charge on any atom is 0.156 e. The Balaban J connectivity index is 2.71. The van der Waals surface area contributed by atoms with Crippen LogP contribution in [0.3, 0.4) is 0 Å². The highest BCUT2D eigenvalue weighted by atomic mass is 15.3. The van der Waals surface area contributed by atoms with Crippen molar-refractivity contribution in [1.82, 2.24) is 19.6 Å². The van der Waals surface area contributed by atoms with Crippen LogP contribution in [-0.4, -0.2) is 19.6 Å². The maximum atomic E-state index is 4.10. The highest BCUT2D eigenvalue weighted by Gasteiger charge is 2.00. The molecular formula is C8H6N4. The topological polar surface area (TPSA) is 46.0 Å². The third-order valence-corrected chi connectivity index (χ3v) is 1.97. The molecule has 0 bridgehead atoms. The van der Waals surface area contributed by atoms with Crippen molar-refractivity contribution in [3.8, 4) is 0 Å². The Morgan fingerprint density at radius 2 is 2.25 bits per heavy atom. The number of H-pyrrole nitrogens is 1. The first-order valence-electron chi connectivity index (χ1n) is 3.70. The van der Waals surface area contributed by atoms with Crippen molar-refractivity contribution in [2.24, 2.45) is 0 Å². The van der Waals surface area contributed by atoms with E-state index >= 15 is 0 Å². The highest BCUT2D eigenvalue weighted by Crippen LogP contribution is 2.13. The number of aromatic amines is 1. The number of nitrogens with one attached hydrogen (secondary N) is 1. The molecule has 1 N–H and O–H groups in total. The molecule has 0 spiro atoms. The van der Waals surface area contributed by atoms with E-state index in [0.29, 0.717) is 0 Å². The molecule has 0 amide bonds. The van der Waals surface area contributed by atoms with Gasteiger partial charge in [-0.25, -0.2) is 9.50 Å². The molecule has 0 unspecified atom stereocenters. The quantitative estimate of drug-likeness (QED) is 0.534. The van der Waals surface area contributed by atoms with Crippen LogP contribution in [0.2, 0.25) is 0 Å². The Bertz CT molecular complexity index is 484. The molecule has 0 aliphatic heterocycles. The minimum atomic E-state index is 0.877. The lowest BCUT2D eigenvalue weighted by atomic mass is 10.3. The fourth-order valence-corrected chi connectivity index (χ4v) is 1.40. The van der Waals surface area contributed by atoms with Gasteiger partial charge in [0.25, 0.3) is 0 Å². The Hall–Kier alpha value is -1.84. The zero-order valence-electron chi connectivity index (χ0n) is 6.23. The zero-order valence-corrected chi connectivity index (χ0v) is 6.23. The second-order valence-electron chi connectivity index (χ2n) is 2.66. The standard InChI is InChI=1S/C8H6N4/c1-2-8-10-5-11-12(8)7-4-9-3-6(1)7/h1-5,9H. The van der Waals surface area contributed by atoms with Crippen LogP contribution in [0.4, 0.5) is 0 Å². The predicted molar refractivity (Wildman–Crippen MR) is 44.8 cm³/mol. The summed E-state index contributed by atoms with van der Waals surface area (Å²) in [4.78, 5) is 7.12. The van der Waals surface area contributed by atoms with Gasteiger partial charge >= 0.3 is 0 Å². The van der Waals surface area contributed by atoms with Gasteiger partial charge in [-0.2, -0.15) is 5.10 Å². The van der Waals surface area contributed by atoms with Crippen molar-refractivity contribution in [2.75, 3.05) is 0 Å². The molecule has 12 heavy (non-hydrogen) atoms. The van der Waals surface area contributed by atoms with Crippen LogP contribution in [0.1, 0.15) is 0 Å². The van der Waals surface area contributed by atoms with Crippen molar-refractivity contribution in [3.63, 3.8) is 0 Å². The van der Waals surface area contributed by atoms with Gasteiger partial charge in [-0.1, -0.05) is 0 Å². The first-order valence-corrected chi connectivity index (χ1v) is 3.70. The Kier molecular flexibility index (Phi) is 0.889. The molecule has 0 aromatic carbocycles. The van der Waals surface area contributed by atoms with Crippen molar-refractivity contribution >= 4 is 16.6 Å². The van der Waals surface area contributed by atoms with E-state index in [0.717, 1.165) is 16.6 Å². The minimum Gasteiger partial charge on any atom is -0.365 e. The number of aromatic nitrogens is 4. The van der Waals surface area contributed by atoms with Gasteiger partial charge in [0.05, 0.1) is 5.52 Å². The molecule has 3 heterocycles. The number of pyridine rings is 1. The van der Waals surface area contributed by atoms with Crippen LogP contribution in [0.5, 0.6) is 0 Å². The summed E-state index contributed by atoms with van der Waals surface area (Å²) in [5.41, 5.74) is 1.94. The van der Waals surface area contributed by atoms with Crippen LogP contribution in [0.25, 0.3) is 16.6 Å². The van der Waals surface area contributed by atoms with Crippen LogP contribution in [0, 0.1) is 0 Å². The molecule has 4 nitrogen and oxygen atoms in total. The fourth-order valence-electron chi connectivity index (χ4n) is 1.40. The summed E-state index contributed by atoms with van der Waals surface area (Å²) < 4.78 is 1.81. The Labute approximate surface area is 67.8 Å². The normalized spacial score (nSPS) is 11.3. The molecule has 0 saturated heterocycles. The largest absolute Gasteiger partial charge is 0.365 e. The van der Waals surface area contributed by atoms with Gasteiger partial charge < -0.3 is 4.98 Å². The van der Waals surface area contributed by atoms with Crippen molar-refractivity contribution in [3.05, 3.63) is 30.9 Å². The Morgan fingerprint density at radius 3 is 3.25 bits per heavy atom. The molecule has 58 valence electrons. The number of hydrogen-bond donors (Lipinski definition) is 1. The Morgan fingerprint density at radius 1 is 1.25 bits per heavy atom. The van der Waals surface area contributed by atoms with E-state index in [1.807, 2.05) is 29.0 Å². The van der Waals surface area contributed by atoms with Gasteiger partial charge in [0.1, 0.15) is 6.33 Å². The average molecular weight is 158 g/mol. The molecule has 0 atom stereocenters. The number of fused-ring (bicyclic) bond motifs is 3. The van der Waals surface area contributed by atoms with Gasteiger partial charge in [0, 0.05) is 17.8 Å². The van der Waals surface area contributed by atoms with Gasteiger partial charge in [-0.3, -0.25) is 0 Å². The van der Waals surface area contributed by atoms with E-state index in [9.17, 15) is 0 Å². The number of rotatable bonds is 0. The lowest BCUT2D eigenvalue weighted by Gasteiger charge is -1.91. The lowest BCUT2D eigenvalue weighted by Crippen LogP contribution is -1.86. The summed E-state index contributed by atoms with van der Waals surface area (Å²) >= 11 is 0. The van der Waals surface area contributed by atoms with Gasteiger partial charge in [-0.05, 0) is 12.1 Å². The summed E-state index contributed by atoms with van der Waals surface area (Å²) in [6.45, 7) is 0. The van der Waals surface area contributed by atoms with Crippen LogP contribution < -0.4 is 0 Å². The monoisotopic (exact) mass is 158 g/mol. The summed E-state index contributed by atoms with van der Waals surface area (Å²) in [7, 11) is 0. The SMILES string of the molecule is c1nc2ccc3c[nH]cc3n2n1. The van der Waals surface area contributed by atoms with E-state index in [2.05, 4.69) is 15.1 Å². The third-order valence-electron chi connectivity index (χ3n) is 1.97. The van der Waals surface area contributed by atoms with Crippen LogP contribution >= 0.6 is 0 Å². The summed E-state index contributed by atoms with van der Waals surface area (Å²) in [6, 6.07) is 3.97. The molecule has 0 saturated carbocycles. The average Bonchev–Trinajstić information content (AvgIpc) is 2.71. The van der Waals surface area contributed by atoms with Crippen molar-refractivity contribution < 1.29 is 0 Å². The molecule has 0 aliphatic carbocycles. The fraction of sp³-hybridized carbons (Fsp3) is 0. The van der Waals surface area contributed by atoms with E-state index < -0.39 is 0 Å². The van der Waals surface area contributed by atoms with Gasteiger partial charge in [0.2, 0.25) is 0 Å². The molecule has 0 fully saturated rings. The van der Waals surface area contributed by atoms with Gasteiger partial charge in [-0.15, -0.1) is 0 Å². The van der Waals surface area contributed by atoms with E-state index in [1.165, 1.54) is 0 Å². The second-order valence-corrected chi connectivity index (χ2v) is 2.66. The third kappa shape index (κ3) is 0.567. The lowest BCUT2D eigenvalue weighted by molar-refractivity contribution is 1.00. The zero-order chi connectivity index (χ0) is 7.97. The van der Waals surface area contributed by atoms with Crippen LogP contribution in [0.15, 0.2) is 30.9 Å². The van der Waals surface area contributed by atoms with E-state index in [-0.39, 0.29) is 0 Å². The first kappa shape index (κ1) is 5.77. The maximum absolute atomic E-state index is 4.10. The predicted octanol–water partition coefficient (Wildman–Crippen LogP) is 1.21. The summed E-state index contributed by atoms with van der Waals surface area (Å²) in [6.07, 6.45) is 5.41. The van der Waals surface area contributed by atoms with Crippen molar-refractivity contribution in [1.29, 1.82) is 0 Å². The number of hydrogen-bond acceptors (Lipinski definition) is 2. The van der Waals surface area contributed by atoms with E-state index in [1.54, 1.807) is 6.33 Å². The number of nitrogens with zero attached hydrogens (tertiary/aromatic N) is 3. The second kappa shape index (κ2) is 1.85. The van der Waals surface area contributed by atoms with Gasteiger partial charge in [0.15, 0.2) is 5.65 Å². The molecular weight excluding hydrogens is 152 g/mol. The molecule has 4 heteroatoms. The minimum absolute atomic E-state index is 0.877. The van der Waals surface area contributed by atoms with Crippen molar-refractivity contribution in [2.45, 2.75) is 0 Å². The summed E-state index contributed by atoms with van der Waals surface area (Å²) in [5.74, 6) is 0. The van der Waals surface area contributed by atoms with E-state index in [4.69, 9.17) is 0 Å². The molecule has 3 rings (SSSR count).